The summed E-state index contributed by atoms with van der Waals surface area (Å²) in [5.74, 6) is -1.55. The fourth-order valence-corrected chi connectivity index (χ4v) is 2.86. The van der Waals surface area contributed by atoms with Crippen LogP contribution in [-0.4, -0.2) is 10.7 Å². The number of rotatable bonds is 2. The van der Waals surface area contributed by atoms with E-state index in [2.05, 4.69) is 0 Å². The predicted molar refractivity (Wildman–Crippen MR) is 50.0 cm³/mol. The minimum absolute atomic E-state index is 0.381. The molecule has 3 rings (SSSR count). The molecule has 0 aromatic carbocycles. The Morgan fingerprint density at radius 3 is 2.21 bits per heavy atom. The zero-order valence-electron chi connectivity index (χ0n) is 8.45. The van der Waals surface area contributed by atoms with E-state index >= 15 is 0 Å². The van der Waals surface area contributed by atoms with Crippen LogP contribution in [0, 0.1) is 5.41 Å². The van der Waals surface area contributed by atoms with Crippen molar-refractivity contribution in [1.82, 2.24) is 0 Å². The van der Waals surface area contributed by atoms with Crippen molar-refractivity contribution < 1.29 is 13.9 Å². The van der Waals surface area contributed by atoms with Crippen LogP contribution in [0.4, 0.5) is 8.78 Å². The minimum atomic E-state index is -1.47. The van der Waals surface area contributed by atoms with E-state index in [9.17, 15) is 13.9 Å². The van der Waals surface area contributed by atoms with Crippen molar-refractivity contribution in [3.63, 3.8) is 0 Å². The summed E-state index contributed by atoms with van der Waals surface area (Å²) in [5, 5.41) is 9.77. The van der Waals surface area contributed by atoms with Crippen LogP contribution >= 0.6 is 0 Å². The average molecular weight is 202 g/mol. The highest BCUT2D eigenvalue weighted by Gasteiger charge is 2.54. The molecule has 0 unspecified atom stereocenters. The van der Waals surface area contributed by atoms with Gasteiger partial charge in [-0.25, -0.2) is 8.78 Å². The molecule has 0 aromatic heterocycles. The van der Waals surface area contributed by atoms with Crippen LogP contribution < -0.4 is 0 Å². The van der Waals surface area contributed by atoms with E-state index in [1.165, 1.54) is 0 Å². The second-order valence-electron chi connectivity index (χ2n) is 4.69. The molecule has 0 atom stereocenters. The standard InChI is InChI=1S/C11H16F2O/c1-2-3-10-4-6-11(14,7-5-10)9(13)8(10)12/h14H,2-7H2,1H3. The Balaban J connectivity index is 2.39. The first-order valence-corrected chi connectivity index (χ1v) is 5.33. The zero-order valence-corrected chi connectivity index (χ0v) is 8.45. The summed E-state index contributed by atoms with van der Waals surface area (Å²) in [4.78, 5) is 0. The summed E-state index contributed by atoms with van der Waals surface area (Å²) in [7, 11) is 0. The molecular weight excluding hydrogens is 186 g/mol. The van der Waals surface area contributed by atoms with Crippen LogP contribution in [0.25, 0.3) is 0 Å². The van der Waals surface area contributed by atoms with E-state index < -0.39 is 22.7 Å². The van der Waals surface area contributed by atoms with Gasteiger partial charge in [0.05, 0.1) is 0 Å². The third-order valence-corrected chi connectivity index (χ3v) is 3.83. The maximum atomic E-state index is 13.7. The normalized spacial score (nSPS) is 42.0. The highest BCUT2D eigenvalue weighted by atomic mass is 19.2. The number of fused-ring (bicyclic) bond motifs is 2. The molecule has 0 aliphatic heterocycles. The van der Waals surface area contributed by atoms with Gasteiger partial charge in [0, 0.05) is 5.41 Å². The Labute approximate surface area is 82.8 Å². The molecule has 1 N–H and O–H groups in total. The van der Waals surface area contributed by atoms with Crippen LogP contribution in [0.5, 0.6) is 0 Å². The van der Waals surface area contributed by atoms with Crippen LogP contribution in [0.1, 0.15) is 45.4 Å². The first-order valence-electron chi connectivity index (χ1n) is 5.33. The maximum absolute atomic E-state index is 13.7. The molecule has 3 aliphatic carbocycles. The van der Waals surface area contributed by atoms with Gasteiger partial charge in [0.2, 0.25) is 0 Å². The van der Waals surface area contributed by atoms with Crippen molar-refractivity contribution in [1.29, 1.82) is 0 Å². The van der Waals surface area contributed by atoms with Gasteiger partial charge in [-0.05, 0) is 32.1 Å². The molecule has 0 spiro atoms. The van der Waals surface area contributed by atoms with Gasteiger partial charge in [0.1, 0.15) is 11.4 Å². The Morgan fingerprint density at radius 1 is 1.14 bits per heavy atom. The topological polar surface area (TPSA) is 20.2 Å². The Hall–Kier alpha value is -0.440. The summed E-state index contributed by atoms with van der Waals surface area (Å²) < 4.78 is 27.2. The molecule has 1 saturated carbocycles. The second kappa shape index (κ2) is 3.02. The highest BCUT2D eigenvalue weighted by Crippen LogP contribution is 2.58. The van der Waals surface area contributed by atoms with Crippen LogP contribution in [0.3, 0.4) is 0 Å². The fraction of sp³-hybridized carbons (Fsp3) is 0.818. The number of hydrogen-bond donors (Lipinski definition) is 1. The second-order valence-corrected chi connectivity index (χ2v) is 4.69. The lowest BCUT2D eigenvalue weighted by molar-refractivity contribution is -0.0500. The summed E-state index contributed by atoms with van der Waals surface area (Å²) in [6.45, 7) is 1.98. The first kappa shape index (κ1) is 10.1. The molecule has 1 fully saturated rings. The van der Waals surface area contributed by atoms with E-state index in [0.29, 0.717) is 32.1 Å². The molecule has 3 heteroatoms. The molecular formula is C11H16F2O. The van der Waals surface area contributed by atoms with Gasteiger partial charge in [0.15, 0.2) is 5.83 Å². The van der Waals surface area contributed by atoms with Crippen LogP contribution in [-0.2, 0) is 0 Å². The van der Waals surface area contributed by atoms with Crippen molar-refractivity contribution in [2.24, 2.45) is 5.41 Å². The summed E-state index contributed by atoms with van der Waals surface area (Å²) in [6.07, 6.45) is 3.51. The number of aliphatic hydroxyl groups is 1. The van der Waals surface area contributed by atoms with Crippen molar-refractivity contribution >= 4 is 0 Å². The first-order chi connectivity index (χ1) is 6.54. The van der Waals surface area contributed by atoms with E-state index in [0.717, 1.165) is 6.42 Å². The SMILES string of the molecule is CCCC12CCC(O)(CC1)C(F)=C2F. The molecule has 3 aliphatic rings. The highest BCUT2D eigenvalue weighted by molar-refractivity contribution is 5.28. The van der Waals surface area contributed by atoms with Crippen molar-refractivity contribution in [3.05, 3.63) is 11.7 Å². The molecule has 0 amide bonds. The summed E-state index contributed by atoms with van der Waals surface area (Å²) in [5.41, 5.74) is -2.05. The summed E-state index contributed by atoms with van der Waals surface area (Å²) in [6, 6.07) is 0. The van der Waals surface area contributed by atoms with Crippen molar-refractivity contribution in [2.45, 2.75) is 51.0 Å². The van der Waals surface area contributed by atoms with Gasteiger partial charge >= 0.3 is 0 Å². The Bertz CT molecular complexity index is 275. The molecule has 0 aromatic rings. The van der Waals surface area contributed by atoms with E-state index in [1.807, 2.05) is 6.92 Å². The molecule has 2 bridgehead atoms. The minimum Gasteiger partial charge on any atom is -0.383 e. The Kier molecular flexibility index (Phi) is 2.18. The van der Waals surface area contributed by atoms with Crippen LogP contribution in [0.15, 0.2) is 11.7 Å². The van der Waals surface area contributed by atoms with E-state index in [-0.39, 0.29) is 0 Å². The molecule has 80 valence electrons. The third kappa shape index (κ3) is 1.14. The number of hydrogen-bond acceptors (Lipinski definition) is 1. The molecule has 0 heterocycles. The number of allylic oxidation sites excluding steroid dienone is 1. The van der Waals surface area contributed by atoms with Gasteiger partial charge in [-0.1, -0.05) is 13.3 Å². The molecule has 1 nitrogen and oxygen atoms in total. The molecule has 14 heavy (non-hydrogen) atoms. The quantitative estimate of drug-likeness (QED) is 0.728. The van der Waals surface area contributed by atoms with Gasteiger partial charge in [-0.3, -0.25) is 0 Å². The monoisotopic (exact) mass is 202 g/mol. The smallest absolute Gasteiger partial charge is 0.163 e. The molecule has 0 saturated heterocycles. The van der Waals surface area contributed by atoms with Gasteiger partial charge in [-0.15, -0.1) is 0 Å². The van der Waals surface area contributed by atoms with Gasteiger partial charge in [-0.2, -0.15) is 0 Å². The fourth-order valence-electron chi connectivity index (χ4n) is 2.86. The van der Waals surface area contributed by atoms with Gasteiger partial charge in [0.25, 0.3) is 0 Å². The zero-order chi connectivity index (χ0) is 10.4. The lowest BCUT2D eigenvalue weighted by Gasteiger charge is -2.48. The van der Waals surface area contributed by atoms with Crippen molar-refractivity contribution in [3.8, 4) is 0 Å². The lowest BCUT2D eigenvalue weighted by atomic mass is 9.60. The van der Waals surface area contributed by atoms with E-state index in [4.69, 9.17) is 0 Å². The third-order valence-electron chi connectivity index (χ3n) is 3.83. The van der Waals surface area contributed by atoms with Crippen LogP contribution in [0.2, 0.25) is 0 Å². The largest absolute Gasteiger partial charge is 0.383 e. The van der Waals surface area contributed by atoms with Gasteiger partial charge < -0.3 is 5.11 Å². The maximum Gasteiger partial charge on any atom is 0.163 e. The summed E-state index contributed by atoms with van der Waals surface area (Å²) >= 11 is 0. The predicted octanol–water partition coefficient (Wildman–Crippen LogP) is 3.24. The van der Waals surface area contributed by atoms with E-state index in [1.54, 1.807) is 0 Å². The Morgan fingerprint density at radius 2 is 1.71 bits per heavy atom. The molecule has 0 radical (unpaired) electrons. The average Bonchev–Trinajstić information content (AvgIpc) is 2.18. The lowest BCUT2D eigenvalue weighted by Crippen LogP contribution is -2.46. The number of halogens is 2. The van der Waals surface area contributed by atoms with Crippen molar-refractivity contribution in [2.75, 3.05) is 0 Å².